The number of esters is 1. The summed E-state index contributed by atoms with van der Waals surface area (Å²) in [5.74, 6) is -0.915. The maximum Gasteiger partial charge on any atom is 0.329 e. The zero-order valence-corrected chi connectivity index (χ0v) is 12.9. The van der Waals surface area contributed by atoms with E-state index in [1.54, 1.807) is 11.8 Å². The lowest BCUT2D eigenvalue weighted by Crippen LogP contribution is -2.52. The molecule has 20 heavy (non-hydrogen) atoms. The van der Waals surface area contributed by atoms with Crippen molar-refractivity contribution in [2.75, 3.05) is 26.7 Å². The van der Waals surface area contributed by atoms with Gasteiger partial charge in [-0.15, -0.1) is 0 Å². The van der Waals surface area contributed by atoms with Gasteiger partial charge in [-0.05, 0) is 20.8 Å². The van der Waals surface area contributed by atoms with E-state index in [0.29, 0.717) is 13.1 Å². The fourth-order valence-corrected chi connectivity index (χ4v) is 1.77. The molecule has 7 heteroatoms. The van der Waals surface area contributed by atoms with E-state index >= 15 is 0 Å². The summed E-state index contributed by atoms with van der Waals surface area (Å²) in [6.07, 6.45) is 0. The van der Waals surface area contributed by atoms with Crippen LogP contribution in [0.5, 0.6) is 0 Å². The van der Waals surface area contributed by atoms with Gasteiger partial charge in [0.1, 0.15) is 6.04 Å². The largest absolute Gasteiger partial charge is 0.467 e. The zero-order chi connectivity index (χ0) is 15.7. The molecule has 2 atom stereocenters. The van der Waals surface area contributed by atoms with Gasteiger partial charge in [0.05, 0.1) is 13.2 Å². The summed E-state index contributed by atoms with van der Waals surface area (Å²) in [6, 6.07) is -1.24. The van der Waals surface area contributed by atoms with Gasteiger partial charge in [0.2, 0.25) is 11.8 Å². The van der Waals surface area contributed by atoms with Crippen LogP contribution in [0.15, 0.2) is 0 Å². The first kappa shape index (κ1) is 18.4. The van der Waals surface area contributed by atoms with Crippen LogP contribution >= 0.6 is 0 Å². The quantitative estimate of drug-likeness (QED) is 0.588. The number of carbonyl (C=O) groups is 3. The van der Waals surface area contributed by atoms with Crippen LogP contribution in [0.3, 0.4) is 0 Å². The summed E-state index contributed by atoms with van der Waals surface area (Å²) in [5.41, 5.74) is 0. The first-order chi connectivity index (χ1) is 9.37. The maximum absolute atomic E-state index is 12.0. The first-order valence-electron chi connectivity index (χ1n) is 6.74. The molecule has 0 bridgehead atoms. The first-order valence-corrected chi connectivity index (χ1v) is 6.74. The van der Waals surface area contributed by atoms with E-state index in [2.05, 4.69) is 15.4 Å². The SMILES string of the molecule is CCN(CC)C(=O)C(C)NCC(NC(C)=O)C(=O)OC. The van der Waals surface area contributed by atoms with Crippen LogP contribution in [0, 0.1) is 0 Å². The van der Waals surface area contributed by atoms with Gasteiger partial charge >= 0.3 is 5.97 Å². The highest BCUT2D eigenvalue weighted by Crippen LogP contribution is 1.96. The molecule has 116 valence electrons. The van der Waals surface area contributed by atoms with E-state index in [4.69, 9.17) is 0 Å². The third-order valence-corrected chi connectivity index (χ3v) is 2.94. The fraction of sp³-hybridized carbons (Fsp3) is 0.769. The van der Waals surface area contributed by atoms with Crippen molar-refractivity contribution < 1.29 is 19.1 Å². The molecular formula is C13H25N3O4. The molecule has 2 amide bonds. The second-order valence-electron chi connectivity index (χ2n) is 4.42. The van der Waals surface area contributed by atoms with Gasteiger partial charge in [0, 0.05) is 26.6 Å². The number of carbonyl (C=O) groups excluding carboxylic acids is 3. The minimum Gasteiger partial charge on any atom is -0.467 e. The van der Waals surface area contributed by atoms with Gasteiger partial charge in [-0.3, -0.25) is 9.59 Å². The average molecular weight is 287 g/mol. The molecule has 0 saturated heterocycles. The maximum atomic E-state index is 12.0. The van der Waals surface area contributed by atoms with Crippen LogP contribution in [0.2, 0.25) is 0 Å². The molecule has 0 aliphatic heterocycles. The van der Waals surface area contributed by atoms with Gasteiger partial charge in [0.25, 0.3) is 0 Å². The Hall–Kier alpha value is -1.63. The van der Waals surface area contributed by atoms with Crippen molar-refractivity contribution in [3.05, 3.63) is 0 Å². The van der Waals surface area contributed by atoms with E-state index < -0.39 is 18.1 Å². The van der Waals surface area contributed by atoms with Gasteiger partial charge in [-0.25, -0.2) is 4.79 Å². The summed E-state index contributed by atoms with van der Waals surface area (Å²) in [6.45, 7) is 8.26. The Balaban J connectivity index is 4.49. The molecule has 0 saturated carbocycles. The summed E-state index contributed by atoms with van der Waals surface area (Å²) in [4.78, 5) is 36.3. The number of likely N-dealkylation sites (N-methyl/N-ethyl adjacent to an activating group) is 1. The molecular weight excluding hydrogens is 262 g/mol. The van der Waals surface area contributed by atoms with Crippen molar-refractivity contribution in [2.24, 2.45) is 0 Å². The highest BCUT2D eigenvalue weighted by Gasteiger charge is 2.23. The Morgan fingerprint density at radius 2 is 1.75 bits per heavy atom. The summed E-state index contributed by atoms with van der Waals surface area (Å²) in [7, 11) is 1.25. The number of ether oxygens (including phenoxy) is 1. The number of hydrogen-bond acceptors (Lipinski definition) is 5. The summed E-state index contributed by atoms with van der Waals surface area (Å²) >= 11 is 0. The molecule has 0 heterocycles. The van der Waals surface area contributed by atoms with Crippen molar-refractivity contribution in [3.63, 3.8) is 0 Å². The number of nitrogens with zero attached hydrogens (tertiary/aromatic N) is 1. The second-order valence-corrected chi connectivity index (χ2v) is 4.42. The normalized spacial score (nSPS) is 13.2. The molecule has 0 radical (unpaired) electrons. The summed E-state index contributed by atoms with van der Waals surface area (Å²) < 4.78 is 4.61. The Morgan fingerprint density at radius 3 is 2.15 bits per heavy atom. The smallest absolute Gasteiger partial charge is 0.329 e. The van der Waals surface area contributed by atoms with Crippen molar-refractivity contribution in [3.8, 4) is 0 Å². The van der Waals surface area contributed by atoms with E-state index in [0.717, 1.165) is 0 Å². The third-order valence-electron chi connectivity index (χ3n) is 2.94. The molecule has 7 nitrogen and oxygen atoms in total. The minimum atomic E-state index is -0.801. The number of nitrogens with one attached hydrogen (secondary N) is 2. The topological polar surface area (TPSA) is 87.7 Å². The highest BCUT2D eigenvalue weighted by atomic mass is 16.5. The van der Waals surface area contributed by atoms with Gasteiger partial charge in [0.15, 0.2) is 0 Å². The van der Waals surface area contributed by atoms with Crippen molar-refractivity contribution in [1.82, 2.24) is 15.5 Å². The number of hydrogen-bond donors (Lipinski definition) is 2. The number of rotatable bonds is 8. The lowest BCUT2D eigenvalue weighted by molar-refractivity contribution is -0.145. The molecule has 2 N–H and O–H groups in total. The van der Waals surface area contributed by atoms with E-state index in [9.17, 15) is 14.4 Å². The third kappa shape index (κ3) is 6.01. The molecule has 0 aromatic carbocycles. The number of amides is 2. The van der Waals surface area contributed by atoms with E-state index in [1.807, 2.05) is 13.8 Å². The van der Waals surface area contributed by atoms with Gasteiger partial charge in [-0.2, -0.15) is 0 Å². The van der Waals surface area contributed by atoms with Crippen LogP contribution in [0.4, 0.5) is 0 Å². The summed E-state index contributed by atoms with van der Waals surface area (Å²) in [5, 5.41) is 5.43. The van der Waals surface area contributed by atoms with E-state index in [-0.39, 0.29) is 18.4 Å². The Morgan fingerprint density at radius 1 is 1.20 bits per heavy atom. The average Bonchev–Trinajstić information content (AvgIpc) is 2.42. The van der Waals surface area contributed by atoms with Gasteiger partial charge < -0.3 is 20.3 Å². The van der Waals surface area contributed by atoms with E-state index in [1.165, 1.54) is 14.0 Å². The predicted octanol–water partition coefficient (Wildman–Crippen LogP) is -0.489. The Bertz CT molecular complexity index is 343. The Labute approximate surface area is 120 Å². The van der Waals surface area contributed by atoms with Crippen LogP contribution in [0.25, 0.3) is 0 Å². The predicted molar refractivity (Wildman–Crippen MR) is 75.0 cm³/mol. The molecule has 0 aromatic rings. The molecule has 0 fully saturated rings. The highest BCUT2D eigenvalue weighted by molar-refractivity contribution is 5.84. The zero-order valence-electron chi connectivity index (χ0n) is 12.9. The molecule has 0 spiro atoms. The van der Waals surface area contributed by atoms with Crippen LogP contribution in [0.1, 0.15) is 27.7 Å². The van der Waals surface area contributed by atoms with Gasteiger partial charge in [-0.1, -0.05) is 0 Å². The fourth-order valence-electron chi connectivity index (χ4n) is 1.77. The lowest BCUT2D eigenvalue weighted by atomic mass is 10.2. The number of methoxy groups -OCH3 is 1. The molecule has 2 unspecified atom stereocenters. The van der Waals surface area contributed by atoms with Crippen LogP contribution in [-0.4, -0.2) is 61.5 Å². The second kappa shape index (κ2) is 9.30. The van der Waals surface area contributed by atoms with Crippen molar-refractivity contribution >= 4 is 17.8 Å². The lowest BCUT2D eigenvalue weighted by Gasteiger charge is -2.25. The van der Waals surface area contributed by atoms with Crippen molar-refractivity contribution in [2.45, 2.75) is 39.8 Å². The molecule has 0 aromatic heterocycles. The van der Waals surface area contributed by atoms with Crippen LogP contribution in [-0.2, 0) is 19.1 Å². The molecule has 0 aliphatic rings. The van der Waals surface area contributed by atoms with Crippen LogP contribution < -0.4 is 10.6 Å². The minimum absolute atomic E-state index is 0.0403. The standard InChI is InChI=1S/C13H25N3O4/c1-6-16(7-2)12(18)9(3)14-8-11(13(19)20-5)15-10(4)17/h9,11,14H,6-8H2,1-5H3,(H,15,17). The van der Waals surface area contributed by atoms with Crippen molar-refractivity contribution in [1.29, 1.82) is 0 Å². The monoisotopic (exact) mass is 287 g/mol. The molecule has 0 aliphatic carbocycles. The Kier molecular flexibility index (Phi) is 8.54. The molecule has 0 rings (SSSR count).